The van der Waals surface area contributed by atoms with Crippen LogP contribution in [0.15, 0.2) is 182 Å². The van der Waals surface area contributed by atoms with Crippen LogP contribution in [0, 0.1) is 0 Å². The van der Waals surface area contributed by atoms with Crippen LogP contribution in [0.1, 0.15) is 0 Å². The lowest BCUT2D eigenvalue weighted by Crippen LogP contribution is -2.20. The van der Waals surface area contributed by atoms with Gasteiger partial charge in [-0.2, -0.15) is 0 Å². The molecule has 6 aromatic rings. The number of halogens is 3. The first-order chi connectivity index (χ1) is 18.9. The fourth-order valence-corrected chi connectivity index (χ4v) is 8.97. The van der Waals surface area contributed by atoms with Gasteiger partial charge in [0.05, 0.1) is 0 Å². The Bertz CT molecular complexity index is 1190. The summed E-state index contributed by atoms with van der Waals surface area (Å²) in [6.07, 6.45) is 0. The van der Waals surface area contributed by atoms with E-state index in [-0.39, 0.29) is 43.4 Å². The molecule has 0 saturated carbocycles. The van der Waals surface area contributed by atoms with Crippen LogP contribution in [0.2, 0.25) is 0 Å². The monoisotopic (exact) mass is 649 g/mol. The molecule has 0 bridgehead atoms. The lowest BCUT2D eigenvalue weighted by molar-refractivity contribution is 1.74. The Labute approximate surface area is 271 Å². The zero-order valence-corrected chi connectivity index (χ0v) is 27.4. The minimum atomic E-state index is -0.446. The summed E-state index contributed by atoms with van der Waals surface area (Å²) in [5.74, 6) is 0. The zero-order valence-electron chi connectivity index (χ0n) is 23.1. The largest absolute Gasteiger partial charge is 0.344 e. The van der Waals surface area contributed by atoms with E-state index in [1.165, 1.54) is 31.8 Å². The van der Waals surface area contributed by atoms with Gasteiger partial charge in [-0.15, -0.1) is 37.2 Å². The Kier molecular flexibility index (Phi) is 17.6. The molecule has 6 heteroatoms. The summed E-state index contributed by atoms with van der Waals surface area (Å²) in [6.45, 7) is 0. The van der Waals surface area contributed by atoms with Gasteiger partial charge in [0.1, 0.15) is 0 Å². The Morgan fingerprint density at radius 2 is 0.333 bits per heavy atom. The molecule has 0 unspecified atom stereocenters. The van der Waals surface area contributed by atoms with E-state index in [1.54, 1.807) is 0 Å². The van der Waals surface area contributed by atoms with E-state index in [0.717, 1.165) is 0 Å². The molecule has 0 radical (unpaired) electrons. The van der Waals surface area contributed by atoms with Crippen molar-refractivity contribution in [3.8, 4) is 0 Å². The summed E-state index contributed by atoms with van der Waals surface area (Å²) in [6, 6.07) is 64.7. The van der Waals surface area contributed by atoms with E-state index in [0.29, 0.717) is 0 Å². The second-order valence-corrected chi connectivity index (χ2v) is 13.1. The molecule has 0 saturated heterocycles. The molecule has 0 aliphatic heterocycles. The standard InChI is InChI=1S/2C18H15P.3ClH.H3N/c2*1-4-10-16(11-5-1)19(17-12-6-2-7-13-17)18-14-8-3-9-15-18;;;;/h2*1-15H;3*1H;1H3. The SMILES string of the molecule is Cl.Cl.Cl.N.c1ccc(P(c2ccccc2)c2ccccc2)cc1.c1ccc(P(c2ccccc2)c2ccccc2)cc1. The highest BCUT2D eigenvalue weighted by Crippen LogP contribution is 2.33. The predicted octanol–water partition coefficient (Wildman–Crippen LogP) is 8.32. The highest BCUT2D eigenvalue weighted by molar-refractivity contribution is 7.80. The minimum absolute atomic E-state index is 0. The molecule has 0 atom stereocenters. The van der Waals surface area contributed by atoms with Gasteiger partial charge in [-0.3, -0.25) is 0 Å². The summed E-state index contributed by atoms with van der Waals surface area (Å²) in [5, 5.41) is 8.39. The second-order valence-electron chi connectivity index (χ2n) is 8.68. The van der Waals surface area contributed by atoms with Crippen LogP contribution >= 0.6 is 53.1 Å². The third kappa shape index (κ3) is 10.1. The average Bonchev–Trinajstić information content (AvgIpc) is 3.01. The van der Waals surface area contributed by atoms with E-state index in [4.69, 9.17) is 0 Å². The molecule has 0 amide bonds. The van der Waals surface area contributed by atoms with Gasteiger partial charge in [-0.1, -0.05) is 182 Å². The highest BCUT2D eigenvalue weighted by Gasteiger charge is 2.16. The molecule has 0 fully saturated rings. The summed E-state index contributed by atoms with van der Waals surface area (Å²) in [5.41, 5.74) is 0. The van der Waals surface area contributed by atoms with Gasteiger partial charge < -0.3 is 6.15 Å². The molecule has 0 aliphatic carbocycles. The van der Waals surface area contributed by atoms with Gasteiger partial charge in [0.25, 0.3) is 0 Å². The molecular formula is C36H36Cl3NP2. The third-order valence-electron chi connectivity index (χ3n) is 6.09. The molecule has 6 aromatic carbocycles. The molecule has 6 rings (SSSR count). The van der Waals surface area contributed by atoms with Gasteiger partial charge >= 0.3 is 0 Å². The maximum absolute atomic E-state index is 2.23. The molecule has 42 heavy (non-hydrogen) atoms. The number of hydrogen-bond acceptors (Lipinski definition) is 1. The minimum Gasteiger partial charge on any atom is -0.344 e. The predicted molar refractivity (Wildman–Crippen MR) is 197 cm³/mol. The van der Waals surface area contributed by atoms with E-state index in [9.17, 15) is 0 Å². The Morgan fingerprint density at radius 1 is 0.214 bits per heavy atom. The lowest BCUT2D eigenvalue weighted by Gasteiger charge is -2.18. The maximum Gasteiger partial charge on any atom is -0.0134 e. The number of benzene rings is 6. The van der Waals surface area contributed by atoms with E-state index in [2.05, 4.69) is 182 Å². The van der Waals surface area contributed by atoms with Crippen molar-refractivity contribution in [3.05, 3.63) is 182 Å². The average molecular weight is 651 g/mol. The number of rotatable bonds is 6. The van der Waals surface area contributed by atoms with Crippen LogP contribution in [0.4, 0.5) is 0 Å². The quantitative estimate of drug-likeness (QED) is 0.181. The zero-order chi connectivity index (χ0) is 25.8. The lowest BCUT2D eigenvalue weighted by atomic mass is 10.4. The normalized spacial score (nSPS) is 9.57. The maximum atomic E-state index is 2.23. The van der Waals surface area contributed by atoms with Crippen LogP contribution in [0.25, 0.3) is 0 Å². The summed E-state index contributed by atoms with van der Waals surface area (Å²) in [7, 11) is -0.892. The van der Waals surface area contributed by atoms with Crippen LogP contribution in [0.3, 0.4) is 0 Å². The van der Waals surface area contributed by atoms with E-state index in [1.807, 2.05) is 0 Å². The van der Waals surface area contributed by atoms with Crippen LogP contribution in [-0.2, 0) is 0 Å². The summed E-state index contributed by atoms with van der Waals surface area (Å²) in [4.78, 5) is 0. The first kappa shape index (κ1) is 37.0. The first-order valence-corrected chi connectivity index (χ1v) is 15.5. The fourth-order valence-electron chi connectivity index (χ4n) is 4.36. The molecule has 0 aromatic heterocycles. The highest BCUT2D eigenvalue weighted by atomic mass is 35.5. The fraction of sp³-hybridized carbons (Fsp3) is 0. The van der Waals surface area contributed by atoms with Gasteiger partial charge in [0, 0.05) is 0 Å². The Hall–Kier alpha value is -2.99. The number of hydrogen-bond donors (Lipinski definition) is 1. The van der Waals surface area contributed by atoms with Crippen molar-refractivity contribution in [2.24, 2.45) is 0 Å². The van der Waals surface area contributed by atoms with E-state index >= 15 is 0 Å². The molecule has 1 nitrogen and oxygen atoms in total. The molecular weight excluding hydrogens is 615 g/mol. The molecule has 0 spiro atoms. The van der Waals surface area contributed by atoms with Crippen molar-refractivity contribution in [2.75, 3.05) is 0 Å². The van der Waals surface area contributed by atoms with Crippen LogP contribution < -0.4 is 38.0 Å². The van der Waals surface area contributed by atoms with Crippen molar-refractivity contribution >= 4 is 84.9 Å². The van der Waals surface area contributed by atoms with Gasteiger partial charge in [0.2, 0.25) is 0 Å². The summed E-state index contributed by atoms with van der Waals surface area (Å²) >= 11 is 0. The van der Waals surface area contributed by atoms with Crippen molar-refractivity contribution < 1.29 is 0 Å². The van der Waals surface area contributed by atoms with Gasteiger partial charge in [-0.25, -0.2) is 0 Å². The smallest absolute Gasteiger partial charge is 0.0134 e. The molecule has 0 heterocycles. The van der Waals surface area contributed by atoms with Gasteiger partial charge in [0.15, 0.2) is 0 Å². The van der Waals surface area contributed by atoms with Crippen molar-refractivity contribution in [1.29, 1.82) is 0 Å². The summed E-state index contributed by atoms with van der Waals surface area (Å²) < 4.78 is 0. The van der Waals surface area contributed by atoms with Crippen molar-refractivity contribution in [2.45, 2.75) is 0 Å². The molecule has 216 valence electrons. The topological polar surface area (TPSA) is 35.0 Å². The van der Waals surface area contributed by atoms with Crippen LogP contribution in [-0.4, -0.2) is 0 Å². The Morgan fingerprint density at radius 3 is 0.452 bits per heavy atom. The third-order valence-corrected chi connectivity index (χ3v) is 11.0. The van der Waals surface area contributed by atoms with Gasteiger partial charge in [-0.05, 0) is 47.7 Å². The molecule has 3 N–H and O–H groups in total. The Balaban J connectivity index is 0.000000383. The van der Waals surface area contributed by atoms with Crippen molar-refractivity contribution in [3.63, 3.8) is 0 Å². The second kappa shape index (κ2) is 20.0. The van der Waals surface area contributed by atoms with Crippen molar-refractivity contribution in [1.82, 2.24) is 6.15 Å². The molecule has 0 aliphatic rings. The first-order valence-electron chi connectivity index (χ1n) is 12.8. The van der Waals surface area contributed by atoms with E-state index < -0.39 is 15.8 Å². The van der Waals surface area contributed by atoms with Crippen LogP contribution in [0.5, 0.6) is 0 Å².